The van der Waals surface area contributed by atoms with Gasteiger partial charge in [0, 0.05) is 16.5 Å². The number of ether oxygens (including phenoxy) is 1. The lowest BCUT2D eigenvalue weighted by Gasteiger charge is -2.03. The summed E-state index contributed by atoms with van der Waals surface area (Å²) >= 11 is 1.66. The first kappa shape index (κ1) is 15.6. The standard InChI is InChI=1S/C22H17NOS/c1-24-20-13-11-19(12-14-20)22-23-21(15-25-22)18-9-7-17(8-10-18)16-5-3-2-4-6-16/h2-15H,1H3. The Hall–Kier alpha value is -2.91. The van der Waals surface area contributed by atoms with Crippen LogP contribution in [0.2, 0.25) is 0 Å². The van der Waals surface area contributed by atoms with Crippen LogP contribution in [0.3, 0.4) is 0 Å². The zero-order valence-electron chi connectivity index (χ0n) is 13.8. The lowest BCUT2D eigenvalue weighted by molar-refractivity contribution is 0.415. The Morgan fingerprint density at radius 3 is 1.96 bits per heavy atom. The Labute approximate surface area is 151 Å². The first-order valence-corrected chi connectivity index (χ1v) is 8.97. The molecule has 0 aliphatic rings. The van der Waals surface area contributed by atoms with E-state index in [1.54, 1.807) is 18.4 Å². The molecule has 0 aliphatic heterocycles. The molecule has 25 heavy (non-hydrogen) atoms. The largest absolute Gasteiger partial charge is 0.497 e. The number of rotatable bonds is 4. The highest BCUT2D eigenvalue weighted by atomic mass is 32.1. The molecule has 0 bridgehead atoms. The Kier molecular flexibility index (Phi) is 4.32. The lowest BCUT2D eigenvalue weighted by atomic mass is 10.0. The van der Waals surface area contributed by atoms with Crippen LogP contribution in [0.1, 0.15) is 0 Å². The monoisotopic (exact) mass is 343 g/mol. The number of thiazole rings is 1. The molecule has 4 rings (SSSR count). The van der Waals surface area contributed by atoms with Gasteiger partial charge in [0.05, 0.1) is 12.8 Å². The maximum atomic E-state index is 5.21. The van der Waals surface area contributed by atoms with E-state index in [2.05, 4.69) is 53.9 Å². The van der Waals surface area contributed by atoms with Crippen LogP contribution in [0.25, 0.3) is 33.0 Å². The van der Waals surface area contributed by atoms with E-state index in [1.807, 2.05) is 30.3 Å². The summed E-state index contributed by atoms with van der Waals surface area (Å²) in [7, 11) is 1.68. The molecule has 4 aromatic rings. The van der Waals surface area contributed by atoms with Crippen molar-refractivity contribution in [3.63, 3.8) is 0 Å². The van der Waals surface area contributed by atoms with E-state index < -0.39 is 0 Å². The van der Waals surface area contributed by atoms with Crippen LogP contribution >= 0.6 is 11.3 Å². The minimum atomic E-state index is 0.858. The van der Waals surface area contributed by atoms with Crippen molar-refractivity contribution < 1.29 is 4.74 Å². The van der Waals surface area contributed by atoms with Crippen LogP contribution in [0, 0.1) is 0 Å². The lowest BCUT2D eigenvalue weighted by Crippen LogP contribution is -1.83. The highest BCUT2D eigenvalue weighted by molar-refractivity contribution is 7.13. The van der Waals surface area contributed by atoms with E-state index >= 15 is 0 Å². The minimum absolute atomic E-state index is 0.858. The summed E-state index contributed by atoms with van der Waals surface area (Å²) in [4.78, 5) is 4.79. The third kappa shape index (κ3) is 3.32. The van der Waals surface area contributed by atoms with Gasteiger partial charge in [-0.05, 0) is 35.4 Å². The van der Waals surface area contributed by atoms with Crippen molar-refractivity contribution in [2.45, 2.75) is 0 Å². The number of nitrogens with zero attached hydrogens (tertiary/aromatic N) is 1. The third-order valence-corrected chi connectivity index (χ3v) is 5.02. The fourth-order valence-electron chi connectivity index (χ4n) is 2.74. The van der Waals surface area contributed by atoms with Crippen molar-refractivity contribution in [2.75, 3.05) is 7.11 Å². The molecule has 3 aromatic carbocycles. The van der Waals surface area contributed by atoms with Crippen molar-refractivity contribution in [1.82, 2.24) is 4.98 Å². The molecule has 0 fully saturated rings. The molecule has 1 aromatic heterocycles. The van der Waals surface area contributed by atoms with Crippen LogP contribution in [-0.4, -0.2) is 12.1 Å². The zero-order chi connectivity index (χ0) is 17.1. The summed E-state index contributed by atoms with van der Waals surface area (Å²) in [6, 6.07) is 27.0. The topological polar surface area (TPSA) is 22.1 Å². The van der Waals surface area contributed by atoms with E-state index in [0.29, 0.717) is 0 Å². The second-order valence-corrected chi connectivity index (χ2v) is 6.57. The zero-order valence-corrected chi connectivity index (χ0v) is 14.7. The molecule has 0 atom stereocenters. The Morgan fingerprint density at radius 1 is 0.680 bits per heavy atom. The van der Waals surface area contributed by atoms with Crippen molar-refractivity contribution >= 4 is 11.3 Å². The summed E-state index contributed by atoms with van der Waals surface area (Å²) in [5.41, 5.74) is 5.70. The van der Waals surface area contributed by atoms with E-state index in [4.69, 9.17) is 9.72 Å². The van der Waals surface area contributed by atoms with Gasteiger partial charge in [-0.15, -0.1) is 11.3 Å². The molecule has 3 heteroatoms. The van der Waals surface area contributed by atoms with Gasteiger partial charge in [-0.2, -0.15) is 0 Å². The number of hydrogen-bond donors (Lipinski definition) is 0. The van der Waals surface area contributed by atoms with Crippen LogP contribution in [-0.2, 0) is 0 Å². The van der Waals surface area contributed by atoms with Crippen LogP contribution < -0.4 is 4.74 Å². The Balaban J connectivity index is 1.59. The van der Waals surface area contributed by atoms with Gasteiger partial charge >= 0.3 is 0 Å². The second-order valence-electron chi connectivity index (χ2n) is 5.71. The van der Waals surface area contributed by atoms with Crippen LogP contribution in [0.5, 0.6) is 5.75 Å². The summed E-state index contributed by atoms with van der Waals surface area (Å²) in [5, 5.41) is 3.13. The van der Waals surface area contributed by atoms with Gasteiger partial charge in [-0.3, -0.25) is 0 Å². The average Bonchev–Trinajstić information content (AvgIpc) is 3.19. The maximum Gasteiger partial charge on any atom is 0.124 e. The van der Waals surface area contributed by atoms with Crippen molar-refractivity contribution in [3.05, 3.63) is 84.2 Å². The highest BCUT2D eigenvalue weighted by Crippen LogP contribution is 2.31. The molecular weight excluding hydrogens is 326 g/mol. The molecule has 0 unspecified atom stereocenters. The molecule has 0 saturated carbocycles. The van der Waals surface area contributed by atoms with Crippen molar-refractivity contribution in [3.8, 4) is 38.7 Å². The molecular formula is C22H17NOS. The van der Waals surface area contributed by atoms with Crippen LogP contribution in [0.4, 0.5) is 0 Å². The molecule has 122 valence electrons. The normalized spacial score (nSPS) is 10.6. The quantitative estimate of drug-likeness (QED) is 0.443. The second kappa shape index (κ2) is 6.91. The van der Waals surface area contributed by atoms with Gasteiger partial charge < -0.3 is 4.74 Å². The molecule has 0 N–H and O–H groups in total. The number of aromatic nitrogens is 1. The van der Waals surface area contributed by atoms with E-state index in [-0.39, 0.29) is 0 Å². The predicted molar refractivity (Wildman–Crippen MR) is 105 cm³/mol. The molecule has 1 heterocycles. The smallest absolute Gasteiger partial charge is 0.124 e. The van der Waals surface area contributed by atoms with Gasteiger partial charge in [-0.25, -0.2) is 4.98 Å². The molecule has 2 nitrogen and oxygen atoms in total. The van der Waals surface area contributed by atoms with E-state index in [9.17, 15) is 0 Å². The highest BCUT2D eigenvalue weighted by Gasteiger charge is 2.07. The first-order chi connectivity index (χ1) is 12.3. The summed E-state index contributed by atoms with van der Waals surface area (Å²) in [6.45, 7) is 0. The first-order valence-electron chi connectivity index (χ1n) is 8.09. The third-order valence-electron chi connectivity index (χ3n) is 4.13. The van der Waals surface area contributed by atoms with Gasteiger partial charge in [0.25, 0.3) is 0 Å². The number of benzene rings is 3. The Morgan fingerprint density at radius 2 is 1.28 bits per heavy atom. The van der Waals surface area contributed by atoms with E-state index in [0.717, 1.165) is 27.6 Å². The molecule has 0 spiro atoms. The van der Waals surface area contributed by atoms with Gasteiger partial charge in [0.1, 0.15) is 10.8 Å². The number of methoxy groups -OCH3 is 1. The molecule has 0 aliphatic carbocycles. The molecule has 0 radical (unpaired) electrons. The molecule has 0 saturated heterocycles. The van der Waals surface area contributed by atoms with Gasteiger partial charge in [0.2, 0.25) is 0 Å². The fourth-order valence-corrected chi connectivity index (χ4v) is 3.57. The minimum Gasteiger partial charge on any atom is -0.497 e. The summed E-state index contributed by atoms with van der Waals surface area (Å²) in [6.07, 6.45) is 0. The van der Waals surface area contributed by atoms with E-state index in [1.165, 1.54) is 11.1 Å². The van der Waals surface area contributed by atoms with Crippen molar-refractivity contribution in [1.29, 1.82) is 0 Å². The SMILES string of the molecule is COc1ccc(-c2nc(-c3ccc(-c4ccccc4)cc3)cs2)cc1. The summed E-state index contributed by atoms with van der Waals surface area (Å²) < 4.78 is 5.21. The fraction of sp³-hybridized carbons (Fsp3) is 0.0455. The maximum absolute atomic E-state index is 5.21. The number of hydrogen-bond acceptors (Lipinski definition) is 3. The average molecular weight is 343 g/mol. The van der Waals surface area contributed by atoms with Gasteiger partial charge in [-0.1, -0.05) is 54.6 Å². The predicted octanol–water partition coefficient (Wildman–Crippen LogP) is 6.15. The van der Waals surface area contributed by atoms with Gasteiger partial charge in [0.15, 0.2) is 0 Å². The Bertz CT molecular complexity index is 957. The summed E-state index contributed by atoms with van der Waals surface area (Å²) in [5.74, 6) is 0.858. The van der Waals surface area contributed by atoms with Crippen molar-refractivity contribution in [2.24, 2.45) is 0 Å². The molecule has 0 amide bonds. The van der Waals surface area contributed by atoms with Crippen LogP contribution in [0.15, 0.2) is 84.2 Å².